The highest BCUT2D eigenvalue weighted by atomic mass is 16.5. The molecule has 0 radical (unpaired) electrons. The SMILES string of the molecule is CCCNC(=O)N[C@H]1CC[C@H](C(=O)NCCc2ncc[nH]2)C[C@@H]1OCCC.O=CO. The van der Waals surface area contributed by atoms with Gasteiger partial charge in [0.25, 0.3) is 6.47 Å². The average molecular weight is 426 g/mol. The van der Waals surface area contributed by atoms with Crippen LogP contribution in [-0.4, -0.2) is 65.3 Å². The van der Waals surface area contributed by atoms with Gasteiger partial charge >= 0.3 is 6.03 Å². The van der Waals surface area contributed by atoms with Gasteiger partial charge in [-0.25, -0.2) is 9.78 Å². The summed E-state index contributed by atoms with van der Waals surface area (Å²) in [4.78, 5) is 40.1. The van der Waals surface area contributed by atoms with Crippen LogP contribution >= 0.6 is 0 Å². The highest BCUT2D eigenvalue weighted by Crippen LogP contribution is 2.27. The maximum atomic E-state index is 12.5. The van der Waals surface area contributed by atoms with E-state index in [2.05, 4.69) is 32.8 Å². The number of carbonyl (C=O) groups is 3. The van der Waals surface area contributed by atoms with E-state index in [1.165, 1.54) is 0 Å². The van der Waals surface area contributed by atoms with Gasteiger partial charge in [-0.3, -0.25) is 9.59 Å². The van der Waals surface area contributed by atoms with Gasteiger partial charge in [0.1, 0.15) is 5.82 Å². The molecule has 10 heteroatoms. The summed E-state index contributed by atoms with van der Waals surface area (Å²) in [6.45, 7) is 5.66. The highest BCUT2D eigenvalue weighted by Gasteiger charge is 2.35. The molecular formula is C20H35N5O5. The lowest BCUT2D eigenvalue weighted by Gasteiger charge is -2.35. The van der Waals surface area contributed by atoms with Crippen molar-refractivity contribution in [2.75, 3.05) is 19.7 Å². The lowest BCUT2D eigenvalue weighted by Crippen LogP contribution is -2.52. The van der Waals surface area contributed by atoms with Crippen molar-refractivity contribution < 1.29 is 24.2 Å². The third-order valence-electron chi connectivity index (χ3n) is 4.77. The molecule has 0 aromatic carbocycles. The van der Waals surface area contributed by atoms with Gasteiger partial charge in [-0.2, -0.15) is 0 Å². The van der Waals surface area contributed by atoms with Crippen molar-refractivity contribution in [1.29, 1.82) is 0 Å². The Kier molecular flexibility index (Phi) is 12.9. The van der Waals surface area contributed by atoms with Gasteiger partial charge in [-0.15, -0.1) is 0 Å². The zero-order valence-electron chi connectivity index (χ0n) is 17.9. The number of hydrogen-bond donors (Lipinski definition) is 5. The molecule has 0 aliphatic heterocycles. The predicted molar refractivity (Wildman–Crippen MR) is 112 cm³/mol. The summed E-state index contributed by atoms with van der Waals surface area (Å²) in [5, 5.41) is 15.7. The van der Waals surface area contributed by atoms with Gasteiger partial charge in [0.15, 0.2) is 0 Å². The van der Waals surface area contributed by atoms with Crippen molar-refractivity contribution in [3.63, 3.8) is 0 Å². The number of imidazole rings is 1. The second kappa shape index (κ2) is 15.3. The number of H-pyrrole nitrogens is 1. The standard InChI is InChI=1S/C19H33N5O3.CH2O2/c1-3-8-23-19(26)24-15-6-5-14(13-16(15)27-12-4-2)18(25)22-9-7-17-20-10-11-21-17;2-1-3/h10-11,14-16H,3-9,12-13H2,1-2H3,(H,20,21)(H,22,25)(H2,23,24,26);1H,(H,2,3)/t14-,15-,16-;/m0./s1. The Hall–Kier alpha value is -2.62. The number of urea groups is 1. The molecule has 3 amide bonds. The Bertz CT molecular complexity index is 611. The van der Waals surface area contributed by atoms with E-state index in [0.29, 0.717) is 32.5 Å². The van der Waals surface area contributed by atoms with Crippen LogP contribution in [0.2, 0.25) is 0 Å². The molecule has 170 valence electrons. The van der Waals surface area contributed by atoms with Crippen molar-refractivity contribution in [2.45, 2.75) is 64.5 Å². The molecule has 1 heterocycles. The van der Waals surface area contributed by atoms with Gasteiger partial charge in [-0.1, -0.05) is 13.8 Å². The molecule has 3 atom stereocenters. The van der Waals surface area contributed by atoms with Crippen LogP contribution in [0.3, 0.4) is 0 Å². The van der Waals surface area contributed by atoms with Crippen LogP contribution < -0.4 is 16.0 Å². The minimum absolute atomic E-state index is 0.0550. The Labute approximate surface area is 177 Å². The molecule has 10 nitrogen and oxygen atoms in total. The number of rotatable bonds is 10. The highest BCUT2D eigenvalue weighted by molar-refractivity contribution is 5.79. The lowest BCUT2D eigenvalue weighted by atomic mass is 9.83. The largest absolute Gasteiger partial charge is 0.483 e. The zero-order valence-corrected chi connectivity index (χ0v) is 17.9. The maximum absolute atomic E-state index is 12.5. The Balaban J connectivity index is 0.00000141. The first kappa shape index (κ1) is 25.4. The van der Waals surface area contributed by atoms with Crippen molar-refractivity contribution >= 4 is 18.4 Å². The van der Waals surface area contributed by atoms with Crippen LogP contribution in [0, 0.1) is 5.92 Å². The zero-order chi connectivity index (χ0) is 22.2. The van der Waals surface area contributed by atoms with E-state index in [-0.39, 0.29) is 36.5 Å². The molecule has 0 bridgehead atoms. The fraction of sp³-hybridized carbons (Fsp3) is 0.700. The van der Waals surface area contributed by atoms with E-state index in [0.717, 1.165) is 31.5 Å². The quantitative estimate of drug-likeness (QED) is 0.359. The van der Waals surface area contributed by atoms with Crippen LogP contribution in [0.15, 0.2) is 12.4 Å². The molecule has 0 saturated heterocycles. The third-order valence-corrected chi connectivity index (χ3v) is 4.77. The fourth-order valence-corrected chi connectivity index (χ4v) is 3.33. The number of amides is 3. The molecule has 1 aliphatic carbocycles. The monoisotopic (exact) mass is 425 g/mol. The van der Waals surface area contributed by atoms with E-state index >= 15 is 0 Å². The first-order chi connectivity index (χ1) is 14.5. The number of carboxylic acid groups (broad SMARTS) is 1. The number of nitrogens with zero attached hydrogens (tertiary/aromatic N) is 1. The van der Waals surface area contributed by atoms with Crippen LogP contribution in [0.25, 0.3) is 0 Å². The van der Waals surface area contributed by atoms with Gasteiger partial charge < -0.3 is 30.8 Å². The van der Waals surface area contributed by atoms with E-state index in [1.54, 1.807) is 12.4 Å². The van der Waals surface area contributed by atoms with Gasteiger partial charge in [0.05, 0.1) is 12.1 Å². The Morgan fingerprint density at radius 2 is 2.03 bits per heavy atom. The topological polar surface area (TPSA) is 145 Å². The van der Waals surface area contributed by atoms with Crippen LogP contribution in [0.5, 0.6) is 0 Å². The molecule has 1 aromatic rings. The minimum Gasteiger partial charge on any atom is -0.483 e. The number of carbonyl (C=O) groups excluding carboxylic acids is 2. The van der Waals surface area contributed by atoms with Crippen molar-refractivity contribution in [2.24, 2.45) is 5.92 Å². The van der Waals surface area contributed by atoms with E-state index in [4.69, 9.17) is 14.6 Å². The third kappa shape index (κ3) is 9.73. The molecule has 1 fully saturated rings. The van der Waals surface area contributed by atoms with Crippen LogP contribution in [-0.2, 0) is 20.7 Å². The Morgan fingerprint density at radius 3 is 2.67 bits per heavy atom. The van der Waals surface area contributed by atoms with Crippen molar-refractivity contribution in [3.05, 3.63) is 18.2 Å². The summed E-state index contributed by atoms with van der Waals surface area (Å²) in [5.41, 5.74) is 0. The predicted octanol–water partition coefficient (Wildman–Crippen LogP) is 1.44. The summed E-state index contributed by atoms with van der Waals surface area (Å²) in [6.07, 6.45) is 7.96. The summed E-state index contributed by atoms with van der Waals surface area (Å²) in [6, 6.07) is -0.214. The summed E-state index contributed by atoms with van der Waals surface area (Å²) in [7, 11) is 0. The smallest absolute Gasteiger partial charge is 0.315 e. The molecule has 30 heavy (non-hydrogen) atoms. The molecule has 1 saturated carbocycles. The summed E-state index contributed by atoms with van der Waals surface area (Å²) < 4.78 is 5.96. The molecule has 2 rings (SSSR count). The number of aromatic amines is 1. The van der Waals surface area contributed by atoms with Crippen molar-refractivity contribution in [1.82, 2.24) is 25.9 Å². The summed E-state index contributed by atoms with van der Waals surface area (Å²) in [5.74, 6) is 0.839. The summed E-state index contributed by atoms with van der Waals surface area (Å²) >= 11 is 0. The van der Waals surface area contributed by atoms with Crippen LogP contribution in [0.1, 0.15) is 51.8 Å². The molecule has 1 aliphatic rings. The fourth-order valence-electron chi connectivity index (χ4n) is 3.33. The number of aromatic nitrogens is 2. The minimum atomic E-state index is -0.250. The lowest BCUT2D eigenvalue weighted by molar-refractivity contribution is -0.128. The van der Waals surface area contributed by atoms with E-state index in [9.17, 15) is 9.59 Å². The maximum Gasteiger partial charge on any atom is 0.315 e. The first-order valence-electron chi connectivity index (χ1n) is 10.5. The van der Waals surface area contributed by atoms with Crippen molar-refractivity contribution in [3.8, 4) is 0 Å². The van der Waals surface area contributed by atoms with E-state index in [1.807, 2.05) is 6.92 Å². The van der Waals surface area contributed by atoms with Gasteiger partial charge in [0, 0.05) is 44.4 Å². The number of nitrogens with one attached hydrogen (secondary N) is 4. The number of hydrogen-bond acceptors (Lipinski definition) is 5. The first-order valence-corrected chi connectivity index (χ1v) is 10.5. The molecule has 0 spiro atoms. The van der Waals surface area contributed by atoms with E-state index < -0.39 is 0 Å². The normalized spacial score (nSPS) is 20.4. The average Bonchev–Trinajstić information content (AvgIpc) is 3.25. The molecule has 5 N–H and O–H groups in total. The molecular weight excluding hydrogens is 390 g/mol. The molecule has 0 unspecified atom stereocenters. The molecule has 1 aromatic heterocycles. The van der Waals surface area contributed by atoms with Crippen LogP contribution in [0.4, 0.5) is 4.79 Å². The number of ether oxygens (including phenoxy) is 1. The Morgan fingerprint density at radius 1 is 1.27 bits per heavy atom. The van der Waals surface area contributed by atoms with Gasteiger partial charge in [-0.05, 0) is 32.1 Å². The second-order valence-electron chi connectivity index (χ2n) is 7.11. The second-order valence-corrected chi connectivity index (χ2v) is 7.11. The van der Waals surface area contributed by atoms with Gasteiger partial charge in [0.2, 0.25) is 5.91 Å².